The summed E-state index contributed by atoms with van der Waals surface area (Å²) < 4.78 is 25.1. The largest absolute Gasteiger partial charge is 0.398 e. The molecule has 2 aromatic carbocycles. The molecule has 0 fully saturated rings. The predicted molar refractivity (Wildman–Crippen MR) is 112 cm³/mol. The molecule has 1 heterocycles. The van der Waals surface area contributed by atoms with Gasteiger partial charge < -0.3 is 10.7 Å². The predicted octanol–water partition coefficient (Wildman–Crippen LogP) is 3.47. The Morgan fingerprint density at radius 2 is 1.86 bits per heavy atom. The molecule has 0 amide bonds. The minimum Gasteiger partial charge on any atom is -0.398 e. The van der Waals surface area contributed by atoms with Crippen molar-refractivity contribution >= 4 is 61.5 Å². The molecule has 28 heavy (non-hydrogen) atoms. The molecule has 0 saturated heterocycles. The molecule has 0 bridgehead atoms. The fourth-order valence-corrected chi connectivity index (χ4v) is 4.11. The molecule has 3 N–H and O–H groups in total. The Labute approximate surface area is 170 Å². The molecule has 0 atom stereocenters. The molecule has 144 valence electrons. The molecule has 3 rings (SSSR count). The molecular formula is C19H14Cl2N2O4S. The summed E-state index contributed by atoms with van der Waals surface area (Å²) in [6.07, 6.45) is 2.55. The van der Waals surface area contributed by atoms with Crippen molar-refractivity contribution in [2.45, 2.75) is 4.90 Å². The Kier molecular flexibility index (Phi) is 5.60. The number of carbonyl (C=O) groups excluding carboxylic acids is 1. The van der Waals surface area contributed by atoms with Crippen molar-refractivity contribution < 1.29 is 13.2 Å². The summed E-state index contributed by atoms with van der Waals surface area (Å²) in [5, 5.41) is 1.27. The van der Waals surface area contributed by atoms with Crippen LogP contribution in [0.2, 0.25) is 10.0 Å². The third-order valence-corrected chi connectivity index (χ3v) is 6.14. The normalized spacial score (nSPS) is 11.9. The van der Waals surface area contributed by atoms with Gasteiger partial charge in [0.25, 0.3) is 5.56 Å². The molecule has 0 spiro atoms. The van der Waals surface area contributed by atoms with Crippen LogP contribution in [0, 0.1) is 0 Å². The molecule has 0 aliphatic heterocycles. The van der Waals surface area contributed by atoms with Gasteiger partial charge in [0.15, 0.2) is 15.6 Å². The van der Waals surface area contributed by atoms with Gasteiger partial charge in [-0.15, -0.1) is 0 Å². The van der Waals surface area contributed by atoms with Gasteiger partial charge in [-0.2, -0.15) is 0 Å². The van der Waals surface area contributed by atoms with Crippen molar-refractivity contribution in [2.24, 2.45) is 0 Å². The zero-order valence-corrected chi connectivity index (χ0v) is 16.6. The number of benzene rings is 2. The van der Waals surface area contributed by atoms with E-state index >= 15 is 0 Å². The Bertz CT molecular complexity index is 1280. The SMILES string of the molecule is Nc1cc(/C=C\C(=O)CS(=O)(=O)c2cc3ccc(Cl)cc3[nH]c2=O)ccc1Cl. The molecular weight excluding hydrogens is 423 g/mol. The minimum atomic E-state index is -4.13. The fraction of sp³-hybridized carbons (Fsp3) is 0.0526. The van der Waals surface area contributed by atoms with E-state index in [-0.39, 0.29) is 0 Å². The lowest BCUT2D eigenvalue weighted by atomic mass is 10.2. The van der Waals surface area contributed by atoms with E-state index < -0.39 is 31.8 Å². The molecule has 1 aromatic heterocycles. The van der Waals surface area contributed by atoms with E-state index in [9.17, 15) is 18.0 Å². The standard InChI is InChI=1S/C19H14Cl2N2O4S/c20-13-4-3-12-8-18(19(25)23-17(12)9-13)28(26,27)10-14(24)5-1-11-2-6-15(21)16(22)7-11/h1-9H,10,22H2,(H,23,25)/b5-1-. The molecule has 0 aliphatic carbocycles. The van der Waals surface area contributed by atoms with Gasteiger partial charge in [-0.3, -0.25) is 9.59 Å². The smallest absolute Gasteiger partial charge is 0.267 e. The van der Waals surface area contributed by atoms with Crippen LogP contribution in [-0.4, -0.2) is 24.9 Å². The van der Waals surface area contributed by atoms with Gasteiger partial charge in [-0.1, -0.05) is 41.4 Å². The van der Waals surface area contributed by atoms with Gasteiger partial charge in [0, 0.05) is 10.5 Å². The van der Waals surface area contributed by atoms with Crippen molar-refractivity contribution in [3.8, 4) is 0 Å². The third kappa shape index (κ3) is 4.44. The maximum atomic E-state index is 12.5. The number of hydrogen-bond donors (Lipinski definition) is 2. The highest BCUT2D eigenvalue weighted by atomic mass is 35.5. The highest BCUT2D eigenvalue weighted by molar-refractivity contribution is 7.92. The molecule has 6 nitrogen and oxygen atoms in total. The van der Waals surface area contributed by atoms with Crippen molar-refractivity contribution in [2.75, 3.05) is 11.5 Å². The van der Waals surface area contributed by atoms with Gasteiger partial charge in [-0.25, -0.2) is 8.42 Å². The Balaban J connectivity index is 1.85. The fourth-order valence-electron chi connectivity index (χ4n) is 2.55. The number of allylic oxidation sites excluding steroid dienone is 1. The third-order valence-electron chi connectivity index (χ3n) is 3.92. The number of pyridine rings is 1. The number of aromatic amines is 1. The van der Waals surface area contributed by atoms with Crippen molar-refractivity contribution in [1.82, 2.24) is 4.98 Å². The number of carbonyl (C=O) groups is 1. The van der Waals surface area contributed by atoms with Crippen LogP contribution < -0.4 is 11.3 Å². The highest BCUT2D eigenvalue weighted by Gasteiger charge is 2.22. The van der Waals surface area contributed by atoms with E-state index in [4.69, 9.17) is 28.9 Å². The number of sulfone groups is 1. The van der Waals surface area contributed by atoms with E-state index in [2.05, 4.69) is 4.98 Å². The maximum absolute atomic E-state index is 12.5. The molecule has 3 aromatic rings. The van der Waals surface area contributed by atoms with Crippen molar-refractivity contribution in [1.29, 1.82) is 0 Å². The van der Waals surface area contributed by atoms with Crippen LogP contribution in [0.4, 0.5) is 5.69 Å². The van der Waals surface area contributed by atoms with E-state index in [0.717, 1.165) is 6.08 Å². The number of halogens is 2. The summed E-state index contributed by atoms with van der Waals surface area (Å²) >= 11 is 11.7. The summed E-state index contributed by atoms with van der Waals surface area (Å²) in [6.45, 7) is 0. The lowest BCUT2D eigenvalue weighted by Crippen LogP contribution is -2.22. The molecule has 0 radical (unpaired) electrons. The first-order chi connectivity index (χ1) is 13.2. The van der Waals surface area contributed by atoms with Crippen LogP contribution in [-0.2, 0) is 14.6 Å². The minimum absolute atomic E-state index is 0.340. The van der Waals surface area contributed by atoms with Crippen LogP contribution in [0.5, 0.6) is 0 Å². The summed E-state index contributed by atoms with van der Waals surface area (Å²) in [6, 6.07) is 10.7. The zero-order chi connectivity index (χ0) is 20.5. The monoisotopic (exact) mass is 436 g/mol. The first kappa shape index (κ1) is 20.1. The lowest BCUT2D eigenvalue weighted by Gasteiger charge is -2.04. The summed E-state index contributed by atoms with van der Waals surface area (Å²) in [5.74, 6) is -1.52. The van der Waals surface area contributed by atoms with Gasteiger partial charge in [0.2, 0.25) is 0 Å². The Morgan fingerprint density at radius 1 is 1.11 bits per heavy atom. The number of fused-ring (bicyclic) bond motifs is 1. The number of ketones is 1. The number of nitrogens with two attached hydrogens (primary N) is 1. The highest BCUT2D eigenvalue weighted by Crippen LogP contribution is 2.21. The first-order valence-corrected chi connectivity index (χ1v) is 10.4. The van der Waals surface area contributed by atoms with Crippen molar-refractivity contribution in [3.05, 3.63) is 74.5 Å². The second-order valence-corrected chi connectivity index (χ2v) is 8.84. The molecule has 0 saturated carbocycles. The molecule has 9 heteroatoms. The number of H-pyrrole nitrogens is 1. The molecule has 0 aliphatic rings. The van der Waals surface area contributed by atoms with Crippen molar-refractivity contribution in [3.63, 3.8) is 0 Å². The van der Waals surface area contributed by atoms with Crippen LogP contribution in [0.3, 0.4) is 0 Å². The summed E-state index contributed by atoms with van der Waals surface area (Å²) in [5.41, 5.74) is 6.21. The van der Waals surface area contributed by atoms with Gasteiger partial charge in [0.1, 0.15) is 10.6 Å². The van der Waals surface area contributed by atoms with E-state index in [0.29, 0.717) is 32.2 Å². The number of aromatic nitrogens is 1. The van der Waals surface area contributed by atoms with E-state index in [1.807, 2.05) is 0 Å². The van der Waals surface area contributed by atoms with E-state index in [1.165, 1.54) is 18.2 Å². The number of anilines is 1. The number of hydrogen-bond acceptors (Lipinski definition) is 5. The summed E-state index contributed by atoms with van der Waals surface area (Å²) in [4.78, 5) is 26.3. The van der Waals surface area contributed by atoms with Crippen LogP contribution in [0.15, 0.2) is 58.2 Å². The second kappa shape index (κ2) is 7.79. The Morgan fingerprint density at radius 3 is 2.57 bits per heavy atom. The average molecular weight is 437 g/mol. The maximum Gasteiger partial charge on any atom is 0.267 e. The van der Waals surface area contributed by atoms with E-state index in [1.54, 1.807) is 30.3 Å². The topological polar surface area (TPSA) is 110 Å². The number of rotatable bonds is 5. The lowest BCUT2D eigenvalue weighted by molar-refractivity contribution is -0.112. The van der Waals surface area contributed by atoms with Crippen LogP contribution in [0.1, 0.15) is 5.56 Å². The summed E-state index contributed by atoms with van der Waals surface area (Å²) in [7, 11) is -4.13. The number of nitrogen functional groups attached to an aromatic ring is 1. The quantitative estimate of drug-likeness (QED) is 0.469. The zero-order valence-electron chi connectivity index (χ0n) is 14.3. The van der Waals surface area contributed by atoms with Gasteiger partial charge in [-0.05, 0) is 47.4 Å². The van der Waals surface area contributed by atoms with Crippen LogP contribution in [0.25, 0.3) is 17.0 Å². The Hall–Kier alpha value is -2.61. The van der Waals surface area contributed by atoms with Crippen LogP contribution >= 0.6 is 23.2 Å². The van der Waals surface area contributed by atoms with Gasteiger partial charge >= 0.3 is 0 Å². The second-order valence-electron chi connectivity index (χ2n) is 6.03. The first-order valence-electron chi connectivity index (χ1n) is 7.97. The number of nitrogens with one attached hydrogen (secondary N) is 1. The van der Waals surface area contributed by atoms with Gasteiger partial charge in [0.05, 0.1) is 10.7 Å². The average Bonchev–Trinajstić information content (AvgIpc) is 2.61. The molecule has 0 unspecified atom stereocenters.